The van der Waals surface area contributed by atoms with Crippen molar-refractivity contribution in [2.45, 2.75) is 30.2 Å². The molecule has 2 heterocycles. The van der Waals surface area contributed by atoms with E-state index in [1.165, 1.54) is 16.4 Å². The van der Waals surface area contributed by atoms with Crippen LogP contribution in [0.4, 0.5) is 0 Å². The third kappa shape index (κ3) is 5.12. The predicted octanol–water partition coefficient (Wildman–Crippen LogP) is 1.59. The first-order chi connectivity index (χ1) is 15.9. The molecular formula is C23H27N3O6S. The van der Waals surface area contributed by atoms with Crippen molar-refractivity contribution in [1.82, 2.24) is 9.62 Å². The molecule has 0 aromatic heterocycles. The van der Waals surface area contributed by atoms with Crippen molar-refractivity contribution in [1.29, 1.82) is 0 Å². The molecule has 1 fully saturated rings. The van der Waals surface area contributed by atoms with Crippen molar-refractivity contribution < 1.29 is 27.5 Å². The number of ether oxygens (including phenoxy) is 2. The number of hydrogen-bond acceptors (Lipinski definition) is 6. The van der Waals surface area contributed by atoms with Crippen molar-refractivity contribution in [3.63, 3.8) is 0 Å². The minimum atomic E-state index is -3.74. The summed E-state index contributed by atoms with van der Waals surface area (Å²) < 4.78 is 38.9. The Hall–Kier alpha value is -3.11. The molecule has 10 heteroatoms. The lowest BCUT2D eigenvalue weighted by atomic mass is 9.96. The molecule has 1 unspecified atom stereocenters. The summed E-state index contributed by atoms with van der Waals surface area (Å²) in [4.78, 5) is 24.8. The first kappa shape index (κ1) is 23.1. The van der Waals surface area contributed by atoms with Crippen LogP contribution in [-0.4, -0.2) is 50.8 Å². The Morgan fingerprint density at radius 2 is 1.67 bits per heavy atom. The molecule has 0 aliphatic carbocycles. The van der Waals surface area contributed by atoms with E-state index in [1.807, 2.05) is 6.07 Å². The third-order valence-corrected chi connectivity index (χ3v) is 7.78. The number of hydrogen-bond donors (Lipinski definition) is 2. The molecule has 1 saturated heterocycles. The number of sulfonamides is 1. The van der Waals surface area contributed by atoms with Gasteiger partial charge < -0.3 is 20.5 Å². The maximum atomic E-state index is 13.2. The van der Waals surface area contributed by atoms with Gasteiger partial charge in [-0.25, -0.2) is 8.42 Å². The number of benzene rings is 2. The molecule has 2 aromatic rings. The summed E-state index contributed by atoms with van der Waals surface area (Å²) in [5.41, 5.74) is 6.09. The predicted molar refractivity (Wildman–Crippen MR) is 120 cm³/mol. The average Bonchev–Trinajstić information content (AvgIpc) is 3.08. The van der Waals surface area contributed by atoms with Gasteiger partial charge in [0.2, 0.25) is 21.8 Å². The van der Waals surface area contributed by atoms with Crippen LogP contribution in [0.2, 0.25) is 0 Å². The zero-order valence-corrected chi connectivity index (χ0v) is 18.9. The van der Waals surface area contributed by atoms with Gasteiger partial charge >= 0.3 is 0 Å². The van der Waals surface area contributed by atoms with Crippen LogP contribution in [0, 0.1) is 5.92 Å². The zero-order valence-electron chi connectivity index (χ0n) is 18.1. The molecule has 2 aromatic carbocycles. The number of nitrogens with one attached hydrogen (secondary N) is 1. The Morgan fingerprint density at radius 3 is 2.33 bits per heavy atom. The number of amides is 2. The van der Waals surface area contributed by atoms with Gasteiger partial charge in [-0.3, -0.25) is 9.59 Å². The van der Waals surface area contributed by atoms with E-state index in [2.05, 4.69) is 5.32 Å². The maximum Gasteiger partial charge on any atom is 0.244 e. The molecular weight excluding hydrogens is 446 g/mol. The van der Waals surface area contributed by atoms with Crippen molar-refractivity contribution in [3.8, 4) is 11.5 Å². The van der Waals surface area contributed by atoms with Gasteiger partial charge in [-0.1, -0.05) is 30.3 Å². The van der Waals surface area contributed by atoms with Crippen molar-refractivity contribution in [2.24, 2.45) is 11.7 Å². The van der Waals surface area contributed by atoms with Crippen LogP contribution in [0.3, 0.4) is 0 Å². The van der Waals surface area contributed by atoms with Crippen LogP contribution in [0.25, 0.3) is 0 Å². The number of primary amides is 1. The zero-order chi connectivity index (χ0) is 23.4. The van der Waals surface area contributed by atoms with Gasteiger partial charge in [0.05, 0.1) is 18.1 Å². The molecule has 2 aliphatic heterocycles. The van der Waals surface area contributed by atoms with E-state index in [0.717, 1.165) is 6.42 Å². The van der Waals surface area contributed by atoms with Crippen LogP contribution in [0.1, 0.15) is 30.9 Å². The standard InChI is InChI=1S/C23H27N3O6S/c24-22(27)21(16-5-2-1-3-6-16)25-23(28)17-9-11-26(12-10-17)33(29,30)18-7-8-19-20(15-18)32-14-4-13-31-19/h1-3,5-8,15,17,21H,4,9-14H2,(H2,24,27)(H,25,28). The monoisotopic (exact) mass is 473 g/mol. The summed E-state index contributed by atoms with van der Waals surface area (Å²) in [6, 6.07) is 12.5. The minimum absolute atomic E-state index is 0.132. The Kier molecular flexibility index (Phi) is 6.85. The lowest BCUT2D eigenvalue weighted by molar-refractivity contribution is -0.130. The second-order valence-electron chi connectivity index (χ2n) is 8.09. The fourth-order valence-corrected chi connectivity index (χ4v) is 5.52. The molecule has 9 nitrogen and oxygen atoms in total. The minimum Gasteiger partial charge on any atom is -0.490 e. The lowest BCUT2D eigenvalue weighted by Gasteiger charge is -2.31. The van der Waals surface area contributed by atoms with Crippen LogP contribution in [0.5, 0.6) is 11.5 Å². The van der Waals surface area contributed by atoms with Gasteiger partial charge in [0.25, 0.3) is 0 Å². The van der Waals surface area contributed by atoms with Crippen LogP contribution in [0.15, 0.2) is 53.4 Å². The Balaban J connectivity index is 1.40. The molecule has 3 N–H and O–H groups in total. The second kappa shape index (κ2) is 9.80. The fraction of sp³-hybridized carbons (Fsp3) is 0.391. The van der Waals surface area contributed by atoms with Crippen molar-refractivity contribution >= 4 is 21.8 Å². The number of rotatable bonds is 6. The van der Waals surface area contributed by atoms with Gasteiger partial charge in [-0.15, -0.1) is 0 Å². The van der Waals surface area contributed by atoms with Crippen LogP contribution in [-0.2, 0) is 19.6 Å². The first-order valence-corrected chi connectivity index (χ1v) is 12.3. The largest absolute Gasteiger partial charge is 0.490 e. The lowest BCUT2D eigenvalue weighted by Crippen LogP contribution is -2.45. The topological polar surface area (TPSA) is 128 Å². The fourth-order valence-electron chi connectivity index (χ4n) is 4.04. The highest BCUT2D eigenvalue weighted by atomic mass is 32.2. The molecule has 2 amide bonds. The van der Waals surface area contributed by atoms with E-state index in [-0.39, 0.29) is 23.9 Å². The van der Waals surface area contributed by atoms with E-state index in [9.17, 15) is 18.0 Å². The molecule has 0 radical (unpaired) electrons. The highest BCUT2D eigenvalue weighted by Crippen LogP contribution is 2.34. The van der Waals surface area contributed by atoms with E-state index >= 15 is 0 Å². The Morgan fingerprint density at radius 1 is 1.00 bits per heavy atom. The summed E-state index contributed by atoms with van der Waals surface area (Å²) in [5.74, 6) is -0.421. The number of carbonyl (C=O) groups excluding carboxylic acids is 2. The summed E-state index contributed by atoms with van der Waals surface area (Å²) in [5, 5.41) is 2.72. The van der Waals surface area contributed by atoms with Crippen LogP contribution >= 0.6 is 0 Å². The molecule has 0 bridgehead atoms. The molecule has 2 aliphatic rings. The molecule has 0 spiro atoms. The molecule has 33 heavy (non-hydrogen) atoms. The Bertz CT molecular complexity index is 1110. The van der Waals surface area contributed by atoms with E-state index in [4.69, 9.17) is 15.2 Å². The first-order valence-electron chi connectivity index (χ1n) is 10.9. The second-order valence-corrected chi connectivity index (χ2v) is 10.0. The van der Waals surface area contributed by atoms with Gasteiger partial charge in [-0.2, -0.15) is 4.31 Å². The van der Waals surface area contributed by atoms with E-state index < -0.39 is 27.9 Å². The van der Waals surface area contributed by atoms with E-state index in [1.54, 1.807) is 30.3 Å². The number of fused-ring (bicyclic) bond motifs is 1. The molecule has 176 valence electrons. The number of carbonyl (C=O) groups is 2. The maximum absolute atomic E-state index is 13.2. The number of piperidine rings is 1. The third-order valence-electron chi connectivity index (χ3n) is 5.89. The summed E-state index contributed by atoms with van der Waals surface area (Å²) in [6.07, 6.45) is 1.42. The molecule has 4 rings (SSSR count). The quantitative estimate of drug-likeness (QED) is 0.656. The van der Waals surface area contributed by atoms with E-state index in [0.29, 0.717) is 43.1 Å². The highest BCUT2D eigenvalue weighted by molar-refractivity contribution is 7.89. The summed E-state index contributed by atoms with van der Waals surface area (Å²) in [7, 11) is -3.74. The summed E-state index contributed by atoms with van der Waals surface area (Å²) >= 11 is 0. The highest BCUT2D eigenvalue weighted by Gasteiger charge is 2.34. The summed E-state index contributed by atoms with van der Waals surface area (Å²) in [6.45, 7) is 1.38. The van der Waals surface area contributed by atoms with Gasteiger partial charge in [0, 0.05) is 31.5 Å². The molecule has 1 atom stereocenters. The Labute approximate surface area is 192 Å². The molecule has 0 saturated carbocycles. The normalized spacial score (nSPS) is 18.2. The van der Waals surface area contributed by atoms with Gasteiger partial charge in [0.1, 0.15) is 6.04 Å². The van der Waals surface area contributed by atoms with Gasteiger partial charge in [0.15, 0.2) is 11.5 Å². The van der Waals surface area contributed by atoms with Crippen LogP contribution < -0.4 is 20.5 Å². The number of nitrogens with two attached hydrogens (primary N) is 1. The van der Waals surface area contributed by atoms with Gasteiger partial charge in [-0.05, 0) is 30.5 Å². The van der Waals surface area contributed by atoms with Crippen molar-refractivity contribution in [3.05, 3.63) is 54.1 Å². The average molecular weight is 474 g/mol. The smallest absolute Gasteiger partial charge is 0.244 e. The number of nitrogens with zero attached hydrogens (tertiary/aromatic N) is 1. The van der Waals surface area contributed by atoms with Crippen molar-refractivity contribution in [2.75, 3.05) is 26.3 Å². The SMILES string of the molecule is NC(=O)C(NC(=O)C1CCN(S(=O)(=O)c2ccc3c(c2)OCCCO3)CC1)c1ccccc1.